The summed E-state index contributed by atoms with van der Waals surface area (Å²) in [4.78, 5) is 2.45. The van der Waals surface area contributed by atoms with Gasteiger partial charge in [0.15, 0.2) is 0 Å². The maximum atomic E-state index is 12.9. The normalized spacial score (nSPS) is 15.4. The van der Waals surface area contributed by atoms with Crippen molar-refractivity contribution in [1.82, 2.24) is 4.31 Å². The van der Waals surface area contributed by atoms with E-state index in [1.165, 1.54) is 4.31 Å². The van der Waals surface area contributed by atoms with Gasteiger partial charge in [-0.05, 0) is 36.4 Å². The van der Waals surface area contributed by atoms with Crippen LogP contribution in [0.1, 0.15) is 0 Å². The van der Waals surface area contributed by atoms with Crippen molar-refractivity contribution < 1.29 is 22.6 Å². The first-order valence-electron chi connectivity index (χ1n) is 9.15. The van der Waals surface area contributed by atoms with Crippen LogP contribution in [0, 0.1) is 0 Å². The number of hydrogen-bond donors (Lipinski definition) is 0. The van der Waals surface area contributed by atoms with Gasteiger partial charge in [-0.2, -0.15) is 4.31 Å². The Kier molecular flexibility index (Phi) is 6.77. The molecule has 1 fully saturated rings. The van der Waals surface area contributed by atoms with Gasteiger partial charge in [-0.3, -0.25) is 0 Å². The standard InChI is InChI=1S/C20H26N2O5S/c1-25-14-15-27-18-6-8-20(9-7-18)28(23,24)22-12-10-21(11-13-22)17-4-3-5-19(16-17)26-2/h3-9,16H,10-15H2,1-2H3. The van der Waals surface area contributed by atoms with Crippen molar-refractivity contribution in [2.75, 3.05) is 58.5 Å². The molecule has 2 aromatic carbocycles. The highest BCUT2D eigenvalue weighted by Gasteiger charge is 2.28. The first-order valence-corrected chi connectivity index (χ1v) is 10.6. The SMILES string of the molecule is COCCOc1ccc(S(=O)(=O)N2CCN(c3cccc(OC)c3)CC2)cc1. The van der Waals surface area contributed by atoms with Gasteiger partial charge in [0.05, 0.1) is 18.6 Å². The summed E-state index contributed by atoms with van der Waals surface area (Å²) in [7, 11) is -0.280. The summed E-state index contributed by atoms with van der Waals surface area (Å²) in [6.45, 7) is 3.04. The molecular formula is C20H26N2O5S. The van der Waals surface area contributed by atoms with E-state index < -0.39 is 10.0 Å². The average Bonchev–Trinajstić information content (AvgIpc) is 2.74. The molecule has 0 spiro atoms. The molecule has 1 aliphatic rings. The number of rotatable bonds is 8. The van der Waals surface area contributed by atoms with E-state index in [1.54, 1.807) is 38.5 Å². The molecule has 8 heteroatoms. The maximum Gasteiger partial charge on any atom is 0.243 e. The van der Waals surface area contributed by atoms with E-state index in [0.717, 1.165) is 11.4 Å². The smallest absolute Gasteiger partial charge is 0.243 e. The van der Waals surface area contributed by atoms with Gasteiger partial charge in [0.25, 0.3) is 0 Å². The molecule has 0 atom stereocenters. The van der Waals surface area contributed by atoms with Crippen molar-refractivity contribution in [3.8, 4) is 11.5 Å². The summed E-state index contributed by atoms with van der Waals surface area (Å²) in [5.41, 5.74) is 1.04. The number of nitrogens with zero attached hydrogens (tertiary/aromatic N) is 2. The third-order valence-electron chi connectivity index (χ3n) is 4.67. The van der Waals surface area contributed by atoms with Crippen LogP contribution in [-0.4, -0.2) is 66.3 Å². The molecule has 0 unspecified atom stereocenters. The Morgan fingerprint density at radius 2 is 1.61 bits per heavy atom. The number of sulfonamides is 1. The predicted molar refractivity (Wildman–Crippen MR) is 108 cm³/mol. The van der Waals surface area contributed by atoms with Crippen LogP contribution in [0.5, 0.6) is 11.5 Å². The number of benzene rings is 2. The van der Waals surface area contributed by atoms with Crippen molar-refractivity contribution in [2.45, 2.75) is 4.90 Å². The lowest BCUT2D eigenvalue weighted by Crippen LogP contribution is -2.48. The summed E-state index contributed by atoms with van der Waals surface area (Å²) in [5, 5.41) is 0. The quantitative estimate of drug-likeness (QED) is 0.627. The monoisotopic (exact) mass is 406 g/mol. The molecule has 0 radical (unpaired) electrons. The zero-order valence-electron chi connectivity index (χ0n) is 16.2. The lowest BCUT2D eigenvalue weighted by atomic mass is 10.2. The van der Waals surface area contributed by atoms with Gasteiger partial charge in [-0.25, -0.2) is 8.42 Å². The van der Waals surface area contributed by atoms with Crippen molar-refractivity contribution >= 4 is 15.7 Å². The fourth-order valence-corrected chi connectivity index (χ4v) is 4.52. The summed E-state index contributed by atoms with van der Waals surface area (Å²) in [6, 6.07) is 14.3. The lowest BCUT2D eigenvalue weighted by molar-refractivity contribution is 0.146. The molecule has 1 heterocycles. The Morgan fingerprint density at radius 1 is 0.893 bits per heavy atom. The minimum Gasteiger partial charge on any atom is -0.497 e. The van der Waals surface area contributed by atoms with Gasteiger partial charge in [-0.15, -0.1) is 0 Å². The second-order valence-corrected chi connectivity index (χ2v) is 8.34. The van der Waals surface area contributed by atoms with Crippen molar-refractivity contribution in [3.63, 3.8) is 0 Å². The second kappa shape index (κ2) is 9.27. The number of ether oxygens (including phenoxy) is 3. The fourth-order valence-electron chi connectivity index (χ4n) is 3.09. The van der Waals surface area contributed by atoms with E-state index in [1.807, 2.05) is 24.3 Å². The van der Waals surface area contributed by atoms with Gasteiger partial charge < -0.3 is 19.1 Å². The van der Waals surface area contributed by atoms with Gasteiger partial charge in [0, 0.05) is 45.0 Å². The average molecular weight is 407 g/mol. The predicted octanol–water partition coefficient (Wildman–Crippen LogP) is 2.23. The Morgan fingerprint density at radius 3 is 2.25 bits per heavy atom. The molecule has 1 aliphatic heterocycles. The number of hydrogen-bond acceptors (Lipinski definition) is 6. The number of piperazine rings is 1. The zero-order valence-corrected chi connectivity index (χ0v) is 17.0. The number of methoxy groups -OCH3 is 2. The highest BCUT2D eigenvalue weighted by atomic mass is 32.2. The van der Waals surface area contributed by atoms with Crippen LogP contribution < -0.4 is 14.4 Å². The van der Waals surface area contributed by atoms with Crippen molar-refractivity contribution in [2.24, 2.45) is 0 Å². The van der Waals surface area contributed by atoms with Crippen molar-refractivity contribution in [1.29, 1.82) is 0 Å². The summed E-state index contributed by atoms with van der Waals surface area (Å²) in [6.07, 6.45) is 0. The molecule has 0 bridgehead atoms. The van der Waals surface area contributed by atoms with Gasteiger partial charge in [0.1, 0.15) is 18.1 Å². The third-order valence-corrected chi connectivity index (χ3v) is 6.59. The maximum absolute atomic E-state index is 12.9. The molecule has 0 N–H and O–H groups in total. The second-order valence-electron chi connectivity index (χ2n) is 6.41. The van der Waals surface area contributed by atoms with Crippen LogP contribution in [0.15, 0.2) is 53.4 Å². The van der Waals surface area contributed by atoms with E-state index >= 15 is 0 Å². The third kappa shape index (κ3) is 4.76. The lowest BCUT2D eigenvalue weighted by Gasteiger charge is -2.35. The van der Waals surface area contributed by atoms with E-state index in [2.05, 4.69) is 4.90 Å². The van der Waals surface area contributed by atoms with Crippen LogP contribution >= 0.6 is 0 Å². The first-order chi connectivity index (χ1) is 13.5. The molecule has 152 valence electrons. The molecular weight excluding hydrogens is 380 g/mol. The highest BCUT2D eigenvalue weighted by molar-refractivity contribution is 7.89. The Hall–Kier alpha value is -2.29. The van der Waals surface area contributed by atoms with E-state index in [0.29, 0.717) is 45.1 Å². The van der Waals surface area contributed by atoms with Gasteiger partial charge >= 0.3 is 0 Å². The van der Waals surface area contributed by atoms with Crippen molar-refractivity contribution in [3.05, 3.63) is 48.5 Å². The Labute approximate surface area is 166 Å². The molecule has 7 nitrogen and oxygen atoms in total. The summed E-state index contributed by atoms with van der Waals surface area (Å²) < 4.78 is 43.1. The molecule has 0 aromatic heterocycles. The Balaban J connectivity index is 1.62. The van der Waals surface area contributed by atoms with Crippen LogP contribution in [-0.2, 0) is 14.8 Å². The highest BCUT2D eigenvalue weighted by Crippen LogP contribution is 2.25. The van der Waals surface area contributed by atoms with Gasteiger partial charge in [-0.1, -0.05) is 6.07 Å². The van der Waals surface area contributed by atoms with E-state index in [4.69, 9.17) is 14.2 Å². The molecule has 0 aliphatic carbocycles. The van der Waals surface area contributed by atoms with Crippen LogP contribution in [0.25, 0.3) is 0 Å². The molecule has 0 amide bonds. The van der Waals surface area contributed by atoms with E-state index in [9.17, 15) is 8.42 Å². The largest absolute Gasteiger partial charge is 0.497 e. The number of anilines is 1. The van der Waals surface area contributed by atoms with Gasteiger partial charge in [0.2, 0.25) is 10.0 Å². The summed E-state index contributed by atoms with van der Waals surface area (Å²) >= 11 is 0. The van der Waals surface area contributed by atoms with E-state index in [-0.39, 0.29) is 4.90 Å². The van der Waals surface area contributed by atoms with Crippen LogP contribution in [0.4, 0.5) is 5.69 Å². The molecule has 0 saturated carbocycles. The first kappa shape index (κ1) is 20.4. The molecule has 3 rings (SSSR count). The molecule has 2 aromatic rings. The minimum atomic E-state index is -3.52. The molecule has 1 saturated heterocycles. The zero-order chi connectivity index (χ0) is 20.0. The van der Waals surface area contributed by atoms with Crippen LogP contribution in [0.3, 0.4) is 0 Å². The Bertz CT molecular complexity index is 862. The van der Waals surface area contributed by atoms with Crippen LogP contribution in [0.2, 0.25) is 0 Å². The summed E-state index contributed by atoms with van der Waals surface area (Å²) in [5.74, 6) is 1.42. The topological polar surface area (TPSA) is 68.3 Å². The fraction of sp³-hybridized carbons (Fsp3) is 0.400. The minimum absolute atomic E-state index is 0.279. The molecule has 28 heavy (non-hydrogen) atoms.